The van der Waals surface area contributed by atoms with E-state index in [1.54, 1.807) is 5.32 Å². The average molecular weight is 283 g/mol. The van der Waals surface area contributed by atoms with Gasteiger partial charge in [0, 0.05) is 0 Å². The van der Waals surface area contributed by atoms with Gasteiger partial charge < -0.3 is 5.32 Å². The third-order valence-electron chi connectivity index (χ3n) is 2.15. The fraction of sp³-hybridized carbons (Fsp3) is 0.818. The highest BCUT2D eigenvalue weighted by Crippen LogP contribution is 2.11. The molecule has 8 heteroatoms. The molecule has 2 N–H and O–H groups in total. The van der Waals surface area contributed by atoms with E-state index in [0.717, 1.165) is 12.8 Å². The molecule has 3 amide bonds. The van der Waals surface area contributed by atoms with Crippen LogP contribution in [0.15, 0.2) is 0 Å². The van der Waals surface area contributed by atoms with Crippen molar-refractivity contribution in [3.05, 3.63) is 0 Å². The van der Waals surface area contributed by atoms with Crippen molar-refractivity contribution >= 4 is 11.9 Å². The van der Waals surface area contributed by atoms with Crippen LogP contribution in [0.5, 0.6) is 0 Å². The number of imide groups is 1. The summed E-state index contributed by atoms with van der Waals surface area (Å²) in [6.07, 6.45) is -2.78. The first-order valence-electron chi connectivity index (χ1n) is 6.15. The van der Waals surface area contributed by atoms with Gasteiger partial charge in [0.25, 0.3) is 0 Å². The number of carbonyl (C=O) groups excluding carboxylic acids is 2. The Kier molecular flexibility index (Phi) is 8.13. The van der Waals surface area contributed by atoms with E-state index in [2.05, 4.69) is 0 Å². The molecule has 0 saturated heterocycles. The Morgan fingerprint density at radius 3 is 2.05 bits per heavy atom. The van der Waals surface area contributed by atoms with Gasteiger partial charge >= 0.3 is 12.2 Å². The van der Waals surface area contributed by atoms with Crippen LogP contribution in [0.25, 0.3) is 0 Å². The lowest BCUT2D eigenvalue weighted by molar-refractivity contribution is -0.125. The summed E-state index contributed by atoms with van der Waals surface area (Å²) in [7, 11) is 0. The number of halogens is 3. The SMILES string of the molecule is CCCN(CCC)CC(=O)NC(=O)NCC(F)(F)F. The number of rotatable bonds is 7. The Balaban J connectivity index is 4.04. The number of alkyl halides is 3. The number of nitrogens with zero attached hydrogens (tertiary/aromatic N) is 1. The van der Waals surface area contributed by atoms with E-state index in [1.165, 1.54) is 0 Å². The van der Waals surface area contributed by atoms with Crippen molar-refractivity contribution < 1.29 is 22.8 Å². The van der Waals surface area contributed by atoms with E-state index in [1.807, 2.05) is 24.1 Å². The van der Waals surface area contributed by atoms with E-state index in [-0.39, 0.29) is 6.54 Å². The highest BCUT2D eigenvalue weighted by molar-refractivity contribution is 5.95. The smallest absolute Gasteiger partial charge is 0.329 e. The number of nitrogens with one attached hydrogen (secondary N) is 2. The predicted molar refractivity (Wildman–Crippen MR) is 64.6 cm³/mol. The summed E-state index contributed by atoms with van der Waals surface area (Å²) in [5, 5.41) is 3.45. The van der Waals surface area contributed by atoms with Crippen LogP contribution in [0.2, 0.25) is 0 Å². The molecular formula is C11H20F3N3O2. The maximum Gasteiger partial charge on any atom is 0.405 e. The Labute approximate surface area is 110 Å². The lowest BCUT2D eigenvalue weighted by Crippen LogP contribution is -2.46. The molecule has 0 rings (SSSR count). The predicted octanol–water partition coefficient (Wildman–Crippen LogP) is 1.50. The summed E-state index contributed by atoms with van der Waals surface area (Å²) in [4.78, 5) is 24.3. The van der Waals surface area contributed by atoms with Crippen LogP contribution in [-0.4, -0.2) is 49.2 Å². The fourth-order valence-electron chi connectivity index (χ4n) is 1.50. The minimum atomic E-state index is -4.49. The van der Waals surface area contributed by atoms with Gasteiger partial charge in [-0.05, 0) is 25.9 Å². The van der Waals surface area contributed by atoms with Gasteiger partial charge in [-0.25, -0.2) is 4.79 Å². The van der Waals surface area contributed by atoms with Crippen LogP contribution in [0.1, 0.15) is 26.7 Å². The minimum absolute atomic E-state index is 0.00111. The maximum atomic E-state index is 11.8. The molecule has 19 heavy (non-hydrogen) atoms. The Morgan fingerprint density at radius 2 is 1.63 bits per heavy atom. The van der Waals surface area contributed by atoms with E-state index < -0.39 is 24.7 Å². The molecule has 0 aliphatic heterocycles. The number of hydrogen-bond acceptors (Lipinski definition) is 3. The van der Waals surface area contributed by atoms with Crippen LogP contribution in [0.4, 0.5) is 18.0 Å². The zero-order valence-corrected chi connectivity index (χ0v) is 11.1. The highest BCUT2D eigenvalue weighted by atomic mass is 19.4. The maximum absolute atomic E-state index is 11.8. The second-order valence-corrected chi connectivity index (χ2v) is 4.12. The lowest BCUT2D eigenvalue weighted by atomic mass is 10.3. The second-order valence-electron chi connectivity index (χ2n) is 4.12. The fourth-order valence-corrected chi connectivity index (χ4v) is 1.50. The molecule has 112 valence electrons. The highest BCUT2D eigenvalue weighted by Gasteiger charge is 2.28. The number of amides is 3. The summed E-state index contributed by atoms with van der Waals surface area (Å²) in [5.74, 6) is -0.610. The molecule has 0 bridgehead atoms. The molecular weight excluding hydrogens is 263 g/mol. The van der Waals surface area contributed by atoms with E-state index in [4.69, 9.17) is 0 Å². The van der Waals surface area contributed by atoms with Gasteiger partial charge in [0.1, 0.15) is 6.54 Å². The van der Waals surface area contributed by atoms with Gasteiger partial charge in [-0.2, -0.15) is 13.2 Å². The topological polar surface area (TPSA) is 61.4 Å². The standard InChI is InChI=1S/C11H20F3N3O2/c1-3-5-17(6-4-2)7-9(18)16-10(19)15-8-11(12,13)14/h3-8H2,1-2H3,(H2,15,16,18,19). The van der Waals surface area contributed by atoms with Gasteiger partial charge in [-0.3, -0.25) is 15.0 Å². The Morgan fingerprint density at radius 1 is 1.11 bits per heavy atom. The molecule has 0 aliphatic carbocycles. The first-order chi connectivity index (χ1) is 8.78. The first-order valence-corrected chi connectivity index (χ1v) is 6.15. The zero-order chi connectivity index (χ0) is 14.9. The lowest BCUT2D eigenvalue weighted by Gasteiger charge is -2.20. The van der Waals surface area contributed by atoms with Crippen LogP contribution in [0, 0.1) is 0 Å². The van der Waals surface area contributed by atoms with Crippen LogP contribution in [0.3, 0.4) is 0 Å². The average Bonchev–Trinajstić information content (AvgIpc) is 2.26. The third kappa shape index (κ3) is 10.3. The van der Waals surface area contributed by atoms with Crippen molar-refractivity contribution in [3.8, 4) is 0 Å². The summed E-state index contributed by atoms with van der Waals surface area (Å²) >= 11 is 0. The molecule has 0 heterocycles. The first kappa shape index (κ1) is 17.7. The van der Waals surface area contributed by atoms with Crippen molar-refractivity contribution in [1.29, 1.82) is 0 Å². The summed E-state index contributed by atoms with van der Waals surface area (Å²) in [6.45, 7) is 3.85. The largest absolute Gasteiger partial charge is 0.405 e. The molecule has 0 aliphatic rings. The van der Waals surface area contributed by atoms with Crippen molar-refractivity contribution in [2.45, 2.75) is 32.9 Å². The van der Waals surface area contributed by atoms with Crippen LogP contribution < -0.4 is 10.6 Å². The molecule has 0 unspecified atom stereocenters. The second kappa shape index (κ2) is 8.73. The summed E-state index contributed by atoms with van der Waals surface area (Å²) in [6, 6.07) is -1.13. The molecule has 0 aromatic rings. The molecule has 0 aromatic carbocycles. The van der Waals surface area contributed by atoms with Crippen LogP contribution >= 0.6 is 0 Å². The van der Waals surface area contributed by atoms with Crippen molar-refractivity contribution in [3.63, 3.8) is 0 Å². The monoisotopic (exact) mass is 283 g/mol. The van der Waals surface area contributed by atoms with Gasteiger partial charge in [-0.1, -0.05) is 13.8 Å². The van der Waals surface area contributed by atoms with E-state index >= 15 is 0 Å². The van der Waals surface area contributed by atoms with Gasteiger partial charge in [0.2, 0.25) is 5.91 Å². The van der Waals surface area contributed by atoms with Crippen molar-refractivity contribution in [2.24, 2.45) is 0 Å². The normalized spacial score (nSPS) is 11.5. The summed E-state index contributed by atoms with van der Waals surface area (Å²) < 4.78 is 35.5. The number of hydrogen-bond donors (Lipinski definition) is 2. The molecule has 0 radical (unpaired) electrons. The molecule has 0 fully saturated rings. The van der Waals surface area contributed by atoms with Gasteiger partial charge in [0.05, 0.1) is 6.54 Å². The third-order valence-corrected chi connectivity index (χ3v) is 2.15. The Hall–Kier alpha value is -1.31. The molecule has 0 atom stereocenters. The zero-order valence-electron chi connectivity index (χ0n) is 11.1. The van der Waals surface area contributed by atoms with Crippen LogP contribution in [-0.2, 0) is 4.79 Å². The minimum Gasteiger partial charge on any atom is -0.329 e. The van der Waals surface area contributed by atoms with Gasteiger partial charge in [-0.15, -0.1) is 0 Å². The van der Waals surface area contributed by atoms with Gasteiger partial charge in [0.15, 0.2) is 0 Å². The molecule has 5 nitrogen and oxygen atoms in total. The molecule has 0 saturated carbocycles. The van der Waals surface area contributed by atoms with Crippen molar-refractivity contribution in [1.82, 2.24) is 15.5 Å². The molecule has 0 aromatic heterocycles. The summed E-state index contributed by atoms with van der Waals surface area (Å²) in [5.41, 5.74) is 0. The number of urea groups is 1. The number of carbonyl (C=O) groups is 2. The van der Waals surface area contributed by atoms with E-state index in [0.29, 0.717) is 13.1 Å². The van der Waals surface area contributed by atoms with Crippen molar-refractivity contribution in [2.75, 3.05) is 26.2 Å². The quantitative estimate of drug-likeness (QED) is 0.744. The van der Waals surface area contributed by atoms with E-state index in [9.17, 15) is 22.8 Å². The molecule has 0 spiro atoms. The Bertz CT molecular complexity index is 289.